The van der Waals surface area contributed by atoms with Crippen LogP contribution in [0.25, 0.3) is 11.4 Å². The molecule has 0 unspecified atom stereocenters. The molecule has 0 spiro atoms. The Kier molecular flexibility index (Phi) is 4.17. The number of carbonyl (C=O) groups is 1. The Morgan fingerprint density at radius 3 is 2.70 bits per heavy atom. The standard InChI is InChI=1S/C15H19N3O2/c1-9(2)14(19)16-11(4)15-17-13(18-20-15)12-7-5-6-10(3)8-12/h5-9,11H,1-4H3,(H,16,19)/t11-/m1/s1. The van der Waals surface area contributed by atoms with Crippen molar-refractivity contribution in [3.05, 3.63) is 35.7 Å². The van der Waals surface area contributed by atoms with Gasteiger partial charge in [-0.05, 0) is 19.9 Å². The molecule has 106 valence electrons. The minimum absolute atomic E-state index is 0.0344. The zero-order valence-electron chi connectivity index (χ0n) is 12.2. The van der Waals surface area contributed by atoms with Crippen LogP contribution in [-0.4, -0.2) is 16.0 Å². The fraction of sp³-hybridized carbons (Fsp3) is 0.400. The van der Waals surface area contributed by atoms with E-state index in [0.29, 0.717) is 11.7 Å². The van der Waals surface area contributed by atoms with Gasteiger partial charge in [-0.3, -0.25) is 4.79 Å². The van der Waals surface area contributed by atoms with Crippen molar-refractivity contribution in [2.75, 3.05) is 0 Å². The molecule has 0 saturated heterocycles. The molecule has 0 aliphatic rings. The minimum atomic E-state index is -0.295. The topological polar surface area (TPSA) is 68.0 Å². The Bertz CT molecular complexity index is 605. The third-order valence-electron chi connectivity index (χ3n) is 2.97. The van der Waals surface area contributed by atoms with Gasteiger partial charge in [0.25, 0.3) is 0 Å². The number of benzene rings is 1. The highest BCUT2D eigenvalue weighted by Gasteiger charge is 2.18. The van der Waals surface area contributed by atoms with Gasteiger partial charge in [0.05, 0.1) is 0 Å². The van der Waals surface area contributed by atoms with Crippen molar-refractivity contribution in [2.24, 2.45) is 5.92 Å². The van der Waals surface area contributed by atoms with E-state index >= 15 is 0 Å². The predicted octanol–water partition coefficient (Wildman–Crippen LogP) is 2.88. The van der Waals surface area contributed by atoms with E-state index in [1.165, 1.54) is 0 Å². The maximum absolute atomic E-state index is 11.6. The molecule has 1 heterocycles. The van der Waals surface area contributed by atoms with Crippen LogP contribution in [0.2, 0.25) is 0 Å². The highest BCUT2D eigenvalue weighted by molar-refractivity contribution is 5.78. The van der Waals surface area contributed by atoms with Gasteiger partial charge in [-0.15, -0.1) is 0 Å². The first-order valence-electron chi connectivity index (χ1n) is 6.68. The van der Waals surface area contributed by atoms with Crippen LogP contribution in [0.3, 0.4) is 0 Å². The molecule has 5 nitrogen and oxygen atoms in total. The van der Waals surface area contributed by atoms with E-state index in [4.69, 9.17) is 4.52 Å². The van der Waals surface area contributed by atoms with Gasteiger partial charge in [-0.25, -0.2) is 0 Å². The highest BCUT2D eigenvalue weighted by atomic mass is 16.5. The lowest BCUT2D eigenvalue weighted by Crippen LogP contribution is -2.30. The molecule has 1 N–H and O–H groups in total. The first-order chi connectivity index (χ1) is 9.47. The molecule has 5 heteroatoms. The van der Waals surface area contributed by atoms with Gasteiger partial charge in [0, 0.05) is 11.5 Å². The summed E-state index contributed by atoms with van der Waals surface area (Å²) in [5.74, 6) is 0.842. The van der Waals surface area contributed by atoms with E-state index in [9.17, 15) is 4.79 Å². The Labute approximate surface area is 118 Å². The first kappa shape index (κ1) is 14.2. The molecule has 0 bridgehead atoms. The van der Waals surface area contributed by atoms with Crippen LogP contribution in [-0.2, 0) is 4.79 Å². The zero-order chi connectivity index (χ0) is 14.7. The third kappa shape index (κ3) is 3.23. The molecule has 0 aliphatic heterocycles. The summed E-state index contributed by atoms with van der Waals surface area (Å²) in [6.45, 7) is 7.52. The Morgan fingerprint density at radius 1 is 1.30 bits per heavy atom. The average Bonchev–Trinajstić information content (AvgIpc) is 2.88. The molecule has 1 aromatic heterocycles. The quantitative estimate of drug-likeness (QED) is 0.930. The lowest BCUT2D eigenvalue weighted by atomic mass is 10.1. The van der Waals surface area contributed by atoms with E-state index in [1.54, 1.807) is 0 Å². The predicted molar refractivity (Wildman–Crippen MR) is 75.9 cm³/mol. The summed E-state index contributed by atoms with van der Waals surface area (Å²) in [6, 6.07) is 7.59. The number of hydrogen-bond donors (Lipinski definition) is 1. The molecule has 2 aromatic rings. The Hall–Kier alpha value is -2.17. The molecule has 2 rings (SSSR count). The second kappa shape index (κ2) is 5.86. The van der Waals surface area contributed by atoms with E-state index in [2.05, 4.69) is 15.5 Å². The van der Waals surface area contributed by atoms with Gasteiger partial charge in [-0.2, -0.15) is 4.98 Å². The van der Waals surface area contributed by atoms with Crippen molar-refractivity contribution in [1.82, 2.24) is 15.5 Å². The lowest BCUT2D eigenvalue weighted by Gasteiger charge is -2.11. The van der Waals surface area contributed by atoms with E-state index in [1.807, 2.05) is 52.0 Å². The van der Waals surface area contributed by atoms with Crippen LogP contribution in [0.4, 0.5) is 0 Å². The largest absolute Gasteiger partial charge is 0.344 e. The molecule has 0 fully saturated rings. The van der Waals surface area contributed by atoms with Crippen molar-refractivity contribution in [1.29, 1.82) is 0 Å². The van der Waals surface area contributed by atoms with E-state index in [-0.39, 0.29) is 17.9 Å². The van der Waals surface area contributed by atoms with Crippen LogP contribution in [0, 0.1) is 12.8 Å². The number of aromatic nitrogens is 2. The molecule has 20 heavy (non-hydrogen) atoms. The molecule has 1 aromatic carbocycles. The van der Waals surface area contributed by atoms with Gasteiger partial charge in [0.15, 0.2) is 0 Å². The van der Waals surface area contributed by atoms with E-state index in [0.717, 1.165) is 11.1 Å². The second-order valence-corrected chi connectivity index (χ2v) is 5.21. The summed E-state index contributed by atoms with van der Waals surface area (Å²) in [6.07, 6.45) is 0. The van der Waals surface area contributed by atoms with Gasteiger partial charge >= 0.3 is 0 Å². The minimum Gasteiger partial charge on any atom is -0.344 e. The van der Waals surface area contributed by atoms with Gasteiger partial charge in [0.2, 0.25) is 17.6 Å². The zero-order valence-corrected chi connectivity index (χ0v) is 12.2. The lowest BCUT2D eigenvalue weighted by molar-refractivity contribution is -0.124. The smallest absolute Gasteiger partial charge is 0.249 e. The normalized spacial score (nSPS) is 12.4. The maximum atomic E-state index is 11.6. The van der Waals surface area contributed by atoms with Crippen LogP contribution in [0.5, 0.6) is 0 Å². The number of aryl methyl sites for hydroxylation is 1. The Morgan fingerprint density at radius 2 is 2.05 bits per heavy atom. The van der Waals surface area contributed by atoms with Gasteiger partial charge in [-0.1, -0.05) is 42.8 Å². The van der Waals surface area contributed by atoms with Gasteiger partial charge in [0.1, 0.15) is 6.04 Å². The molecular weight excluding hydrogens is 254 g/mol. The number of hydrogen-bond acceptors (Lipinski definition) is 4. The monoisotopic (exact) mass is 273 g/mol. The van der Waals surface area contributed by atoms with Crippen LogP contribution < -0.4 is 5.32 Å². The summed E-state index contributed by atoms with van der Waals surface area (Å²) in [5.41, 5.74) is 2.04. The summed E-state index contributed by atoms with van der Waals surface area (Å²) < 4.78 is 5.23. The van der Waals surface area contributed by atoms with E-state index < -0.39 is 0 Å². The van der Waals surface area contributed by atoms with Crippen LogP contribution in [0.1, 0.15) is 38.3 Å². The van der Waals surface area contributed by atoms with Crippen molar-refractivity contribution in [3.63, 3.8) is 0 Å². The summed E-state index contributed by atoms with van der Waals surface area (Å²) in [5, 5.41) is 6.80. The number of nitrogens with zero attached hydrogens (tertiary/aromatic N) is 2. The number of nitrogens with one attached hydrogen (secondary N) is 1. The molecule has 0 radical (unpaired) electrons. The molecule has 0 saturated carbocycles. The summed E-state index contributed by atoms with van der Waals surface area (Å²) >= 11 is 0. The third-order valence-corrected chi connectivity index (χ3v) is 2.97. The van der Waals surface area contributed by atoms with Crippen LogP contribution in [0.15, 0.2) is 28.8 Å². The van der Waals surface area contributed by atoms with Gasteiger partial charge < -0.3 is 9.84 Å². The summed E-state index contributed by atoms with van der Waals surface area (Å²) in [7, 11) is 0. The van der Waals surface area contributed by atoms with Crippen molar-refractivity contribution < 1.29 is 9.32 Å². The first-order valence-corrected chi connectivity index (χ1v) is 6.68. The van der Waals surface area contributed by atoms with Crippen molar-refractivity contribution in [3.8, 4) is 11.4 Å². The molecule has 1 atom stereocenters. The molecular formula is C15H19N3O2. The summed E-state index contributed by atoms with van der Waals surface area (Å²) in [4.78, 5) is 16.0. The van der Waals surface area contributed by atoms with Crippen molar-refractivity contribution >= 4 is 5.91 Å². The second-order valence-electron chi connectivity index (χ2n) is 5.21. The number of carbonyl (C=O) groups excluding carboxylic acids is 1. The van der Waals surface area contributed by atoms with Crippen LogP contribution >= 0.6 is 0 Å². The average molecular weight is 273 g/mol. The van der Waals surface area contributed by atoms with Crippen molar-refractivity contribution in [2.45, 2.75) is 33.7 Å². The number of rotatable bonds is 4. The fourth-order valence-corrected chi connectivity index (χ4v) is 1.75. The Balaban J connectivity index is 2.14. The molecule has 0 aliphatic carbocycles. The highest BCUT2D eigenvalue weighted by Crippen LogP contribution is 2.19. The molecule has 1 amide bonds. The fourth-order valence-electron chi connectivity index (χ4n) is 1.75. The maximum Gasteiger partial charge on any atom is 0.249 e. The SMILES string of the molecule is Cc1cccc(-c2noc([C@@H](C)NC(=O)C(C)C)n2)c1. The number of amides is 1.